The van der Waals surface area contributed by atoms with E-state index in [1.165, 1.54) is 11.3 Å². The zero-order chi connectivity index (χ0) is 13.9. The molecular formula is C14H12N4OS. The molecule has 0 aliphatic heterocycles. The summed E-state index contributed by atoms with van der Waals surface area (Å²) in [7, 11) is 0. The van der Waals surface area contributed by atoms with E-state index < -0.39 is 0 Å². The largest absolute Gasteiger partial charge is 0.321 e. The molecule has 0 atom stereocenters. The van der Waals surface area contributed by atoms with Crippen molar-refractivity contribution in [3.05, 3.63) is 59.6 Å². The second kappa shape index (κ2) is 5.26. The molecule has 0 saturated carbocycles. The summed E-state index contributed by atoms with van der Waals surface area (Å²) in [5, 5.41) is 3.62. The third-order valence-electron chi connectivity index (χ3n) is 2.76. The van der Waals surface area contributed by atoms with E-state index in [2.05, 4.69) is 15.3 Å². The second-order valence-electron chi connectivity index (χ2n) is 4.19. The molecule has 0 fully saturated rings. The Morgan fingerprint density at radius 2 is 1.95 bits per heavy atom. The van der Waals surface area contributed by atoms with Crippen molar-refractivity contribution in [2.24, 2.45) is 0 Å². The van der Waals surface area contributed by atoms with Crippen molar-refractivity contribution in [2.75, 3.05) is 5.32 Å². The molecule has 1 N–H and O–H groups in total. The summed E-state index contributed by atoms with van der Waals surface area (Å²) in [5.74, 6) is -0.149. The number of rotatable bonds is 3. The molecule has 0 aromatic carbocycles. The predicted octanol–water partition coefficient (Wildman–Crippen LogP) is 2.89. The van der Waals surface area contributed by atoms with Crippen molar-refractivity contribution in [3.8, 4) is 5.13 Å². The van der Waals surface area contributed by atoms with Crippen molar-refractivity contribution in [3.63, 3.8) is 0 Å². The maximum absolute atomic E-state index is 12.2. The molecule has 3 aromatic heterocycles. The number of nitrogens with one attached hydrogen (secondary N) is 1. The van der Waals surface area contributed by atoms with E-state index in [1.807, 2.05) is 36.0 Å². The first-order valence-corrected chi connectivity index (χ1v) is 6.88. The number of hydrogen-bond acceptors (Lipinski definition) is 4. The minimum Gasteiger partial charge on any atom is -0.321 e. The lowest BCUT2D eigenvalue weighted by atomic mass is 10.3. The maximum atomic E-state index is 12.2. The van der Waals surface area contributed by atoms with Gasteiger partial charge in [0, 0.05) is 30.5 Å². The van der Waals surface area contributed by atoms with Crippen molar-refractivity contribution in [1.82, 2.24) is 14.5 Å². The quantitative estimate of drug-likeness (QED) is 0.804. The number of aryl methyl sites for hydroxylation is 1. The Bertz CT molecular complexity index is 719. The van der Waals surface area contributed by atoms with Crippen molar-refractivity contribution >= 4 is 22.9 Å². The highest BCUT2D eigenvalue weighted by atomic mass is 32.1. The van der Waals surface area contributed by atoms with E-state index in [0.29, 0.717) is 4.88 Å². The summed E-state index contributed by atoms with van der Waals surface area (Å²) in [4.78, 5) is 21.2. The Hall–Kier alpha value is -2.47. The van der Waals surface area contributed by atoms with Gasteiger partial charge in [-0.15, -0.1) is 0 Å². The van der Waals surface area contributed by atoms with Crippen molar-refractivity contribution < 1.29 is 4.79 Å². The molecule has 0 saturated heterocycles. The van der Waals surface area contributed by atoms with E-state index >= 15 is 0 Å². The van der Waals surface area contributed by atoms with E-state index in [9.17, 15) is 4.79 Å². The number of nitrogens with zero attached hydrogens (tertiary/aromatic N) is 3. The first kappa shape index (κ1) is 12.6. The molecule has 3 aromatic rings. The standard InChI is InChI=1S/C14H12N4OS/c1-10-12(13(19)17-11-4-6-15-7-5-11)20-14(16-10)18-8-2-3-9-18/h2-9H,1H3,(H,15,17,19). The molecule has 3 rings (SSSR count). The highest BCUT2D eigenvalue weighted by Gasteiger charge is 2.16. The number of hydrogen-bond donors (Lipinski definition) is 1. The van der Waals surface area contributed by atoms with E-state index in [1.54, 1.807) is 24.5 Å². The fourth-order valence-corrected chi connectivity index (χ4v) is 2.72. The second-order valence-corrected chi connectivity index (χ2v) is 5.17. The van der Waals surface area contributed by atoms with Crippen LogP contribution in [0.4, 0.5) is 5.69 Å². The number of carbonyl (C=O) groups excluding carboxylic acids is 1. The third kappa shape index (κ3) is 2.46. The smallest absolute Gasteiger partial charge is 0.267 e. The molecule has 100 valence electrons. The molecular weight excluding hydrogens is 272 g/mol. The maximum Gasteiger partial charge on any atom is 0.267 e. The summed E-state index contributed by atoms with van der Waals surface area (Å²) >= 11 is 1.37. The van der Waals surface area contributed by atoms with Crippen LogP contribution in [0.15, 0.2) is 49.1 Å². The van der Waals surface area contributed by atoms with Gasteiger partial charge in [0.15, 0.2) is 5.13 Å². The van der Waals surface area contributed by atoms with Gasteiger partial charge >= 0.3 is 0 Å². The molecule has 3 heterocycles. The zero-order valence-corrected chi connectivity index (χ0v) is 11.6. The lowest BCUT2D eigenvalue weighted by Gasteiger charge is -2.02. The van der Waals surface area contributed by atoms with Crippen LogP contribution in [0.5, 0.6) is 0 Å². The fourth-order valence-electron chi connectivity index (χ4n) is 1.79. The Morgan fingerprint density at radius 1 is 1.25 bits per heavy atom. The Morgan fingerprint density at radius 3 is 2.65 bits per heavy atom. The molecule has 0 aliphatic rings. The first-order chi connectivity index (χ1) is 9.74. The average molecular weight is 284 g/mol. The van der Waals surface area contributed by atoms with Crippen molar-refractivity contribution in [2.45, 2.75) is 6.92 Å². The average Bonchev–Trinajstić information content (AvgIpc) is 3.08. The molecule has 5 nitrogen and oxygen atoms in total. The van der Waals surface area contributed by atoms with Crippen LogP contribution in [0.25, 0.3) is 5.13 Å². The van der Waals surface area contributed by atoms with Gasteiger partial charge in [-0.3, -0.25) is 9.78 Å². The molecule has 0 bridgehead atoms. The van der Waals surface area contributed by atoms with Gasteiger partial charge in [0.2, 0.25) is 0 Å². The van der Waals surface area contributed by atoms with Crippen molar-refractivity contribution in [1.29, 1.82) is 0 Å². The Kier molecular flexibility index (Phi) is 3.30. The van der Waals surface area contributed by atoms with Crippen LogP contribution in [0.3, 0.4) is 0 Å². The van der Waals surface area contributed by atoms with Gasteiger partial charge in [-0.25, -0.2) is 4.98 Å². The number of pyridine rings is 1. The van der Waals surface area contributed by atoms with Gasteiger partial charge < -0.3 is 9.88 Å². The monoisotopic (exact) mass is 284 g/mol. The summed E-state index contributed by atoms with van der Waals surface area (Å²) in [5.41, 5.74) is 1.45. The van der Waals surface area contributed by atoms with E-state index in [-0.39, 0.29) is 5.91 Å². The minimum absolute atomic E-state index is 0.149. The van der Waals surface area contributed by atoms with E-state index in [4.69, 9.17) is 0 Å². The number of carbonyl (C=O) groups is 1. The van der Waals surface area contributed by atoms with Gasteiger partial charge in [0.05, 0.1) is 5.69 Å². The van der Waals surface area contributed by atoms with Crippen LogP contribution in [-0.2, 0) is 0 Å². The molecule has 20 heavy (non-hydrogen) atoms. The minimum atomic E-state index is -0.149. The zero-order valence-electron chi connectivity index (χ0n) is 10.8. The highest BCUT2D eigenvalue weighted by Crippen LogP contribution is 2.22. The van der Waals surface area contributed by atoms with Gasteiger partial charge in [-0.2, -0.15) is 0 Å². The number of amides is 1. The van der Waals surface area contributed by atoms with Crippen LogP contribution in [0, 0.1) is 6.92 Å². The van der Waals surface area contributed by atoms with Crippen LogP contribution in [0.1, 0.15) is 15.4 Å². The van der Waals surface area contributed by atoms with Crippen LogP contribution in [-0.4, -0.2) is 20.4 Å². The van der Waals surface area contributed by atoms with Gasteiger partial charge in [0.25, 0.3) is 5.91 Å². The normalized spacial score (nSPS) is 10.4. The van der Waals surface area contributed by atoms with Crippen LogP contribution < -0.4 is 5.32 Å². The number of anilines is 1. The van der Waals surface area contributed by atoms with Gasteiger partial charge in [0.1, 0.15) is 4.88 Å². The molecule has 0 spiro atoms. The predicted molar refractivity (Wildman–Crippen MR) is 78.4 cm³/mol. The number of thiazole rings is 1. The SMILES string of the molecule is Cc1nc(-n2cccc2)sc1C(=O)Nc1ccncc1. The van der Waals surface area contributed by atoms with Gasteiger partial charge in [-0.05, 0) is 31.2 Å². The first-order valence-electron chi connectivity index (χ1n) is 6.06. The summed E-state index contributed by atoms with van der Waals surface area (Å²) in [6.07, 6.45) is 7.09. The Balaban J connectivity index is 1.85. The molecule has 0 aliphatic carbocycles. The Labute approximate surface area is 119 Å². The summed E-state index contributed by atoms with van der Waals surface area (Å²) in [6, 6.07) is 7.35. The highest BCUT2D eigenvalue weighted by molar-refractivity contribution is 7.16. The number of aromatic nitrogens is 3. The van der Waals surface area contributed by atoms with Crippen LogP contribution >= 0.6 is 11.3 Å². The molecule has 1 amide bonds. The molecule has 6 heteroatoms. The summed E-state index contributed by atoms with van der Waals surface area (Å²) < 4.78 is 1.89. The topological polar surface area (TPSA) is 59.8 Å². The van der Waals surface area contributed by atoms with Gasteiger partial charge in [-0.1, -0.05) is 11.3 Å². The third-order valence-corrected chi connectivity index (χ3v) is 3.92. The fraction of sp³-hybridized carbons (Fsp3) is 0.0714. The van der Waals surface area contributed by atoms with E-state index in [0.717, 1.165) is 16.5 Å². The molecule has 0 unspecified atom stereocenters. The molecule has 0 radical (unpaired) electrons. The van der Waals surface area contributed by atoms with Crippen LogP contribution in [0.2, 0.25) is 0 Å². The summed E-state index contributed by atoms with van der Waals surface area (Å²) in [6.45, 7) is 1.84. The lowest BCUT2D eigenvalue weighted by Crippen LogP contribution is -2.11. The lowest BCUT2D eigenvalue weighted by molar-refractivity contribution is 0.103.